The summed E-state index contributed by atoms with van der Waals surface area (Å²) in [6, 6.07) is 12.9. The third-order valence-electron chi connectivity index (χ3n) is 3.36. The van der Waals surface area contributed by atoms with Crippen molar-refractivity contribution in [2.24, 2.45) is 0 Å². The third-order valence-corrected chi connectivity index (χ3v) is 5.43. The Hall–Kier alpha value is -2.05. The summed E-state index contributed by atoms with van der Waals surface area (Å²) in [6.45, 7) is 0. The van der Waals surface area contributed by atoms with Gasteiger partial charge in [-0.05, 0) is 55.0 Å². The Labute approximate surface area is 146 Å². The molecule has 0 saturated carbocycles. The first-order valence-corrected chi connectivity index (χ1v) is 9.36. The van der Waals surface area contributed by atoms with Crippen LogP contribution in [0.2, 0.25) is 5.02 Å². The van der Waals surface area contributed by atoms with E-state index in [-0.39, 0.29) is 29.4 Å². The van der Waals surface area contributed by atoms with Crippen molar-refractivity contribution in [3.63, 3.8) is 0 Å². The van der Waals surface area contributed by atoms with Gasteiger partial charge >= 0.3 is 0 Å². The zero-order valence-electron chi connectivity index (χ0n) is 13.2. The number of nitrogens with one attached hydrogen (secondary N) is 1. The average Bonchev–Trinajstić information content (AvgIpc) is 2.57. The maximum Gasteiger partial charge on any atom is 0.224 e. The van der Waals surface area contributed by atoms with Crippen LogP contribution in [0, 0.1) is 0 Å². The van der Waals surface area contributed by atoms with Crippen molar-refractivity contribution in [1.29, 1.82) is 0 Å². The van der Waals surface area contributed by atoms with E-state index in [1.165, 1.54) is 19.2 Å². The van der Waals surface area contributed by atoms with Gasteiger partial charge in [-0.2, -0.15) is 0 Å². The molecule has 128 valence electrons. The molecule has 0 radical (unpaired) electrons. The molecule has 1 N–H and O–H groups in total. The molecule has 0 saturated heterocycles. The van der Waals surface area contributed by atoms with Gasteiger partial charge in [-0.25, -0.2) is 8.42 Å². The fourth-order valence-corrected chi connectivity index (χ4v) is 3.52. The summed E-state index contributed by atoms with van der Waals surface area (Å²) in [5, 5.41) is 3.28. The molecule has 24 heavy (non-hydrogen) atoms. The zero-order valence-corrected chi connectivity index (χ0v) is 14.7. The number of anilines is 1. The number of benzene rings is 2. The van der Waals surface area contributed by atoms with E-state index in [0.29, 0.717) is 16.5 Å². The van der Waals surface area contributed by atoms with Crippen LogP contribution in [0.4, 0.5) is 5.69 Å². The molecule has 0 heterocycles. The van der Waals surface area contributed by atoms with Gasteiger partial charge in [0.15, 0.2) is 9.84 Å². The summed E-state index contributed by atoms with van der Waals surface area (Å²) in [5.74, 6) is 0.270. The molecule has 0 aromatic heterocycles. The summed E-state index contributed by atoms with van der Waals surface area (Å²) >= 11 is 5.77. The minimum absolute atomic E-state index is 0.0899. The van der Waals surface area contributed by atoms with Crippen molar-refractivity contribution in [1.82, 2.24) is 0 Å². The van der Waals surface area contributed by atoms with Crippen LogP contribution in [0.15, 0.2) is 53.4 Å². The molecule has 0 aliphatic rings. The summed E-state index contributed by atoms with van der Waals surface area (Å²) < 4.78 is 29.4. The van der Waals surface area contributed by atoms with E-state index >= 15 is 0 Å². The number of carbonyl (C=O) groups is 1. The molecule has 1 amide bonds. The highest BCUT2D eigenvalue weighted by Crippen LogP contribution is 2.18. The van der Waals surface area contributed by atoms with Crippen molar-refractivity contribution in [3.05, 3.63) is 53.6 Å². The number of sulfone groups is 1. The van der Waals surface area contributed by atoms with E-state index in [2.05, 4.69) is 5.32 Å². The monoisotopic (exact) mass is 367 g/mol. The second-order valence-electron chi connectivity index (χ2n) is 5.15. The van der Waals surface area contributed by atoms with Crippen molar-refractivity contribution in [2.45, 2.75) is 17.7 Å². The Balaban J connectivity index is 1.85. The quantitative estimate of drug-likeness (QED) is 0.812. The maximum absolute atomic E-state index is 12.2. The van der Waals surface area contributed by atoms with E-state index in [4.69, 9.17) is 16.3 Å². The standard InChI is InChI=1S/C17H18ClNO4S/c1-23-15-8-10-16(11-9-15)24(21,22)12-2-3-17(20)19-14-6-4-13(18)5-7-14/h4-11H,2-3,12H2,1H3,(H,19,20). The second kappa shape index (κ2) is 8.17. The minimum atomic E-state index is -3.41. The van der Waals surface area contributed by atoms with Gasteiger partial charge in [-0.1, -0.05) is 11.6 Å². The number of ether oxygens (including phenoxy) is 1. The van der Waals surface area contributed by atoms with Gasteiger partial charge in [-0.3, -0.25) is 4.79 Å². The van der Waals surface area contributed by atoms with Gasteiger partial charge in [-0.15, -0.1) is 0 Å². The predicted molar refractivity (Wildman–Crippen MR) is 94.4 cm³/mol. The highest BCUT2D eigenvalue weighted by molar-refractivity contribution is 7.91. The molecule has 0 atom stereocenters. The van der Waals surface area contributed by atoms with Crippen molar-refractivity contribution < 1.29 is 17.9 Å². The highest BCUT2D eigenvalue weighted by atomic mass is 35.5. The zero-order chi connectivity index (χ0) is 17.6. The molecular weight excluding hydrogens is 350 g/mol. The molecule has 0 fully saturated rings. The SMILES string of the molecule is COc1ccc(S(=O)(=O)CCCC(=O)Nc2ccc(Cl)cc2)cc1. The largest absolute Gasteiger partial charge is 0.497 e. The van der Waals surface area contributed by atoms with Gasteiger partial charge in [0.1, 0.15) is 5.75 Å². The number of methoxy groups -OCH3 is 1. The van der Waals surface area contributed by atoms with Crippen LogP contribution in [-0.4, -0.2) is 27.2 Å². The topological polar surface area (TPSA) is 72.5 Å². The summed E-state index contributed by atoms with van der Waals surface area (Å²) in [7, 11) is -1.90. The molecule has 0 aliphatic carbocycles. The van der Waals surface area contributed by atoms with Gasteiger partial charge < -0.3 is 10.1 Å². The van der Waals surface area contributed by atoms with Gasteiger partial charge in [0.2, 0.25) is 5.91 Å². The molecule has 0 unspecified atom stereocenters. The number of hydrogen-bond donors (Lipinski definition) is 1. The number of amides is 1. The van der Waals surface area contributed by atoms with Gasteiger partial charge in [0.25, 0.3) is 0 Å². The van der Waals surface area contributed by atoms with Crippen molar-refractivity contribution in [2.75, 3.05) is 18.2 Å². The summed E-state index contributed by atoms with van der Waals surface area (Å²) in [5.41, 5.74) is 0.627. The van der Waals surface area contributed by atoms with Crippen LogP contribution in [-0.2, 0) is 14.6 Å². The lowest BCUT2D eigenvalue weighted by Crippen LogP contribution is -2.14. The van der Waals surface area contributed by atoms with Gasteiger partial charge in [0, 0.05) is 17.1 Å². The summed E-state index contributed by atoms with van der Waals surface area (Å²) in [6.07, 6.45) is 0.367. The molecule has 0 spiro atoms. The van der Waals surface area contributed by atoms with Crippen LogP contribution in [0.1, 0.15) is 12.8 Å². The Bertz CT molecular complexity index is 786. The molecule has 2 rings (SSSR count). The van der Waals surface area contributed by atoms with E-state index in [0.717, 1.165) is 0 Å². The van der Waals surface area contributed by atoms with E-state index in [9.17, 15) is 13.2 Å². The first-order chi connectivity index (χ1) is 11.4. The first kappa shape index (κ1) is 18.3. The maximum atomic E-state index is 12.2. The highest BCUT2D eigenvalue weighted by Gasteiger charge is 2.15. The van der Waals surface area contributed by atoms with Crippen LogP contribution < -0.4 is 10.1 Å². The minimum Gasteiger partial charge on any atom is -0.497 e. The molecule has 0 bridgehead atoms. The van der Waals surface area contributed by atoms with E-state index in [1.54, 1.807) is 36.4 Å². The lowest BCUT2D eigenvalue weighted by molar-refractivity contribution is -0.116. The normalized spacial score (nSPS) is 11.1. The van der Waals surface area contributed by atoms with Crippen LogP contribution in [0.3, 0.4) is 0 Å². The second-order valence-corrected chi connectivity index (χ2v) is 7.70. The van der Waals surface area contributed by atoms with E-state index < -0.39 is 9.84 Å². The molecule has 2 aromatic rings. The van der Waals surface area contributed by atoms with Crippen molar-refractivity contribution in [3.8, 4) is 5.75 Å². The fraction of sp³-hybridized carbons (Fsp3) is 0.235. The number of hydrogen-bond acceptors (Lipinski definition) is 4. The Kier molecular flexibility index (Phi) is 6.23. The Morgan fingerprint density at radius 1 is 1.08 bits per heavy atom. The lowest BCUT2D eigenvalue weighted by Gasteiger charge is -2.07. The Morgan fingerprint density at radius 3 is 2.29 bits per heavy atom. The number of rotatable bonds is 7. The molecule has 7 heteroatoms. The fourth-order valence-electron chi connectivity index (χ4n) is 2.08. The molecule has 2 aromatic carbocycles. The number of halogens is 1. The van der Waals surface area contributed by atoms with Gasteiger partial charge in [0.05, 0.1) is 17.8 Å². The van der Waals surface area contributed by atoms with E-state index in [1.807, 2.05) is 0 Å². The lowest BCUT2D eigenvalue weighted by atomic mass is 10.3. The van der Waals surface area contributed by atoms with Crippen LogP contribution in [0.25, 0.3) is 0 Å². The van der Waals surface area contributed by atoms with Crippen LogP contribution >= 0.6 is 11.6 Å². The molecule has 0 aliphatic heterocycles. The molecular formula is C17H18ClNO4S. The van der Waals surface area contributed by atoms with Crippen LogP contribution in [0.5, 0.6) is 5.75 Å². The molecule has 5 nitrogen and oxygen atoms in total. The number of carbonyl (C=O) groups excluding carboxylic acids is 1. The average molecular weight is 368 g/mol. The first-order valence-electron chi connectivity index (χ1n) is 7.33. The Morgan fingerprint density at radius 2 is 1.71 bits per heavy atom. The third kappa shape index (κ3) is 5.25. The summed E-state index contributed by atoms with van der Waals surface area (Å²) in [4.78, 5) is 12.1. The van der Waals surface area contributed by atoms with Crippen molar-refractivity contribution >= 4 is 33.0 Å². The predicted octanol–water partition coefficient (Wildman–Crippen LogP) is 3.54. The smallest absolute Gasteiger partial charge is 0.224 e.